The van der Waals surface area contributed by atoms with Crippen LogP contribution < -0.4 is 16.5 Å². The first-order chi connectivity index (χ1) is 11.0. The zero-order valence-electron chi connectivity index (χ0n) is 13.7. The van der Waals surface area contributed by atoms with Crippen molar-refractivity contribution >= 4 is 28.9 Å². The van der Waals surface area contributed by atoms with Gasteiger partial charge in [0.05, 0.1) is 17.1 Å². The molecular formula is C17H24N4O2. The average Bonchev–Trinajstić information content (AvgIpc) is 2.50. The van der Waals surface area contributed by atoms with Crippen LogP contribution in [-0.2, 0) is 9.59 Å². The molecule has 2 rings (SSSR count). The molecular weight excluding hydrogens is 292 g/mol. The molecule has 6 nitrogen and oxygen atoms in total. The maximum Gasteiger partial charge on any atom is 0.240 e. The molecule has 1 aliphatic rings. The predicted octanol–water partition coefficient (Wildman–Crippen LogP) is 2.65. The second-order valence-corrected chi connectivity index (χ2v) is 5.94. The van der Waals surface area contributed by atoms with Crippen LogP contribution in [0.4, 0.5) is 11.4 Å². The molecule has 0 fully saturated rings. The number of hydrazone groups is 1. The lowest BCUT2D eigenvalue weighted by atomic mass is 9.93. The Morgan fingerprint density at radius 3 is 2.87 bits per heavy atom. The molecule has 23 heavy (non-hydrogen) atoms. The van der Waals surface area contributed by atoms with E-state index in [9.17, 15) is 9.59 Å². The molecule has 0 aromatic heterocycles. The van der Waals surface area contributed by atoms with Gasteiger partial charge in [-0.1, -0.05) is 32.8 Å². The van der Waals surface area contributed by atoms with Gasteiger partial charge in [-0.2, -0.15) is 5.10 Å². The van der Waals surface area contributed by atoms with Gasteiger partial charge >= 0.3 is 0 Å². The Morgan fingerprint density at radius 1 is 1.43 bits per heavy atom. The van der Waals surface area contributed by atoms with Crippen molar-refractivity contribution in [3.05, 3.63) is 23.8 Å². The Bertz CT molecular complexity index is 625. The van der Waals surface area contributed by atoms with Crippen molar-refractivity contribution in [3.8, 4) is 0 Å². The van der Waals surface area contributed by atoms with Crippen LogP contribution in [-0.4, -0.2) is 17.5 Å². The predicted molar refractivity (Wildman–Crippen MR) is 92.1 cm³/mol. The number of nitrogens with two attached hydrogens (primary N) is 1. The Morgan fingerprint density at radius 2 is 2.22 bits per heavy atom. The molecule has 1 heterocycles. The van der Waals surface area contributed by atoms with Gasteiger partial charge in [0.2, 0.25) is 11.8 Å². The first-order valence-electron chi connectivity index (χ1n) is 8.07. The summed E-state index contributed by atoms with van der Waals surface area (Å²) in [5.41, 5.74) is 11.3. The summed E-state index contributed by atoms with van der Waals surface area (Å²) < 4.78 is 0. The molecule has 0 spiro atoms. The molecule has 0 saturated carbocycles. The van der Waals surface area contributed by atoms with Crippen LogP contribution in [0.3, 0.4) is 0 Å². The molecule has 2 amide bonds. The van der Waals surface area contributed by atoms with Crippen molar-refractivity contribution in [1.82, 2.24) is 5.43 Å². The standard InChI is InChI=1S/C17H24N4O2/c1-3-4-5-6-15(22)19-14-8-7-12(10-13(14)18)17-11(2)9-16(23)20-21-17/h7-8,10-11H,3-6,9,18H2,1-2H3,(H,19,22)(H,20,23). The maximum atomic E-state index is 11.9. The highest BCUT2D eigenvalue weighted by Crippen LogP contribution is 2.24. The summed E-state index contributed by atoms with van der Waals surface area (Å²) in [7, 11) is 0. The van der Waals surface area contributed by atoms with E-state index in [0.29, 0.717) is 24.2 Å². The average molecular weight is 316 g/mol. The molecule has 1 atom stereocenters. The van der Waals surface area contributed by atoms with Crippen molar-refractivity contribution < 1.29 is 9.59 Å². The fourth-order valence-electron chi connectivity index (χ4n) is 2.59. The van der Waals surface area contributed by atoms with Crippen LogP contribution in [0, 0.1) is 5.92 Å². The topological polar surface area (TPSA) is 96.6 Å². The van der Waals surface area contributed by atoms with Gasteiger partial charge in [0.15, 0.2) is 0 Å². The minimum Gasteiger partial charge on any atom is -0.397 e. The van der Waals surface area contributed by atoms with Crippen LogP contribution in [0.1, 0.15) is 51.5 Å². The number of nitrogens with one attached hydrogen (secondary N) is 2. The lowest BCUT2D eigenvalue weighted by Gasteiger charge is -2.20. The number of anilines is 2. The molecule has 0 radical (unpaired) electrons. The minimum absolute atomic E-state index is 0.0199. The number of amides is 2. The quantitative estimate of drug-likeness (QED) is 0.556. The number of carbonyl (C=O) groups excluding carboxylic acids is 2. The Balaban J connectivity index is 2.06. The van der Waals surface area contributed by atoms with Gasteiger partial charge in [0.1, 0.15) is 0 Å². The van der Waals surface area contributed by atoms with Gasteiger partial charge in [0.25, 0.3) is 0 Å². The highest BCUT2D eigenvalue weighted by atomic mass is 16.2. The highest BCUT2D eigenvalue weighted by Gasteiger charge is 2.22. The number of hydrogen-bond acceptors (Lipinski definition) is 4. The van der Waals surface area contributed by atoms with Gasteiger partial charge in [0, 0.05) is 24.3 Å². The van der Waals surface area contributed by atoms with Crippen molar-refractivity contribution in [1.29, 1.82) is 0 Å². The minimum atomic E-state index is -0.0785. The van der Waals surface area contributed by atoms with Crippen LogP contribution in [0.15, 0.2) is 23.3 Å². The third kappa shape index (κ3) is 4.55. The van der Waals surface area contributed by atoms with E-state index in [1.807, 2.05) is 13.0 Å². The number of benzene rings is 1. The molecule has 1 aromatic carbocycles. The fourth-order valence-corrected chi connectivity index (χ4v) is 2.59. The Labute approximate surface area is 136 Å². The zero-order valence-corrected chi connectivity index (χ0v) is 13.7. The summed E-state index contributed by atoms with van der Waals surface area (Å²) in [6, 6.07) is 5.44. The number of nitrogen functional groups attached to an aromatic ring is 1. The summed E-state index contributed by atoms with van der Waals surface area (Å²) in [5, 5.41) is 6.96. The van der Waals surface area contributed by atoms with Crippen LogP contribution >= 0.6 is 0 Å². The van der Waals surface area contributed by atoms with E-state index in [1.165, 1.54) is 0 Å². The van der Waals surface area contributed by atoms with E-state index < -0.39 is 0 Å². The fraction of sp³-hybridized carbons (Fsp3) is 0.471. The largest absolute Gasteiger partial charge is 0.397 e. The van der Waals surface area contributed by atoms with E-state index in [2.05, 4.69) is 22.8 Å². The zero-order chi connectivity index (χ0) is 16.8. The van der Waals surface area contributed by atoms with E-state index in [-0.39, 0.29) is 17.7 Å². The smallest absolute Gasteiger partial charge is 0.240 e. The van der Waals surface area contributed by atoms with E-state index in [1.54, 1.807) is 12.1 Å². The number of carbonyl (C=O) groups is 2. The molecule has 0 aliphatic carbocycles. The normalized spacial score (nSPS) is 17.4. The molecule has 6 heteroatoms. The van der Waals surface area contributed by atoms with E-state index in [0.717, 1.165) is 30.5 Å². The molecule has 124 valence electrons. The summed E-state index contributed by atoms with van der Waals surface area (Å²) in [6.07, 6.45) is 3.93. The summed E-state index contributed by atoms with van der Waals surface area (Å²) in [6.45, 7) is 4.06. The molecule has 4 N–H and O–H groups in total. The van der Waals surface area contributed by atoms with Gasteiger partial charge in [-0.05, 0) is 18.6 Å². The van der Waals surface area contributed by atoms with Crippen LogP contribution in [0.2, 0.25) is 0 Å². The summed E-state index contributed by atoms with van der Waals surface area (Å²) in [5.74, 6) is -0.0589. The molecule has 1 aliphatic heterocycles. The third-order valence-electron chi connectivity index (χ3n) is 3.89. The van der Waals surface area contributed by atoms with Gasteiger partial charge in [-0.3, -0.25) is 9.59 Å². The monoisotopic (exact) mass is 316 g/mol. The third-order valence-corrected chi connectivity index (χ3v) is 3.89. The van der Waals surface area contributed by atoms with Gasteiger partial charge in [-0.25, -0.2) is 5.43 Å². The lowest BCUT2D eigenvalue weighted by molar-refractivity contribution is -0.122. The molecule has 1 unspecified atom stereocenters. The number of unbranched alkanes of at least 4 members (excludes halogenated alkanes) is 2. The Hall–Kier alpha value is -2.37. The molecule has 0 saturated heterocycles. The van der Waals surface area contributed by atoms with E-state index in [4.69, 9.17) is 5.73 Å². The van der Waals surface area contributed by atoms with Gasteiger partial charge in [-0.15, -0.1) is 0 Å². The second kappa shape index (κ2) is 7.76. The second-order valence-electron chi connectivity index (χ2n) is 5.94. The lowest BCUT2D eigenvalue weighted by Crippen LogP contribution is -2.32. The van der Waals surface area contributed by atoms with Crippen molar-refractivity contribution in [3.63, 3.8) is 0 Å². The van der Waals surface area contributed by atoms with Crippen molar-refractivity contribution in [2.24, 2.45) is 11.0 Å². The van der Waals surface area contributed by atoms with Crippen molar-refractivity contribution in [2.45, 2.75) is 46.0 Å². The van der Waals surface area contributed by atoms with Gasteiger partial charge < -0.3 is 11.1 Å². The summed E-state index contributed by atoms with van der Waals surface area (Å²) in [4.78, 5) is 23.2. The van der Waals surface area contributed by atoms with E-state index >= 15 is 0 Å². The SMILES string of the molecule is CCCCCC(=O)Nc1ccc(C2=NNC(=O)CC2C)cc1N. The highest BCUT2D eigenvalue weighted by molar-refractivity contribution is 6.07. The Kier molecular flexibility index (Phi) is 5.73. The first kappa shape index (κ1) is 17.0. The number of nitrogens with zero attached hydrogens (tertiary/aromatic N) is 1. The molecule has 0 bridgehead atoms. The maximum absolute atomic E-state index is 11.9. The summed E-state index contributed by atoms with van der Waals surface area (Å²) >= 11 is 0. The van der Waals surface area contributed by atoms with Crippen LogP contribution in [0.25, 0.3) is 0 Å². The van der Waals surface area contributed by atoms with Crippen LogP contribution in [0.5, 0.6) is 0 Å². The number of rotatable bonds is 6. The molecule has 1 aromatic rings. The number of hydrogen-bond donors (Lipinski definition) is 3. The first-order valence-corrected chi connectivity index (χ1v) is 8.07. The van der Waals surface area contributed by atoms with Crippen molar-refractivity contribution in [2.75, 3.05) is 11.1 Å².